The van der Waals surface area contributed by atoms with Crippen LogP contribution in [0.25, 0.3) is 0 Å². The quantitative estimate of drug-likeness (QED) is 0.668. The van der Waals surface area contributed by atoms with Crippen LogP contribution in [-0.4, -0.2) is 11.5 Å². The van der Waals surface area contributed by atoms with Gasteiger partial charge in [-0.05, 0) is 11.8 Å². The van der Waals surface area contributed by atoms with Crippen molar-refractivity contribution in [1.29, 1.82) is 0 Å². The highest BCUT2D eigenvalue weighted by Gasteiger charge is 2.35. The maximum absolute atomic E-state index is 12.1. The van der Waals surface area contributed by atoms with Crippen LogP contribution in [0.15, 0.2) is 0 Å². The summed E-state index contributed by atoms with van der Waals surface area (Å²) < 4.78 is 36.4. The molecule has 0 heterocycles. The molecule has 0 N–H and O–H groups in total. The summed E-state index contributed by atoms with van der Waals surface area (Å²) in [6.07, 6.45) is -0.458. The van der Waals surface area contributed by atoms with E-state index in [4.69, 9.17) is 0 Å². The van der Waals surface area contributed by atoms with E-state index in [2.05, 4.69) is 15.9 Å². The Balaban J connectivity index is 2.42. The van der Waals surface area contributed by atoms with Crippen LogP contribution in [-0.2, 0) is 0 Å². The summed E-state index contributed by atoms with van der Waals surface area (Å²) in [5.41, 5.74) is 0. The zero-order valence-corrected chi connectivity index (χ0v) is 9.00. The van der Waals surface area contributed by atoms with Gasteiger partial charge in [0.25, 0.3) is 0 Å². The van der Waals surface area contributed by atoms with E-state index in [1.807, 2.05) is 0 Å². The molecule has 0 bridgehead atoms. The normalized spacial score (nSPS) is 22.2. The Labute approximate surface area is 85.0 Å². The standard InChI is InChI=1S/C9H14BrF3/c10-6-8(5-9(11,12)13)7-3-1-2-4-7/h7-8H,1-6H2/t8-/m1/s1. The Kier molecular flexibility index (Phi) is 4.07. The van der Waals surface area contributed by atoms with Gasteiger partial charge in [-0.15, -0.1) is 0 Å². The number of halogens is 4. The van der Waals surface area contributed by atoms with Gasteiger partial charge in [-0.3, -0.25) is 0 Å². The third kappa shape index (κ3) is 3.88. The average Bonchev–Trinajstić information content (AvgIpc) is 2.50. The first-order valence-electron chi connectivity index (χ1n) is 4.65. The second-order valence-electron chi connectivity index (χ2n) is 3.78. The van der Waals surface area contributed by atoms with E-state index in [1.165, 1.54) is 0 Å². The first kappa shape index (κ1) is 11.3. The first-order chi connectivity index (χ1) is 6.03. The van der Waals surface area contributed by atoms with E-state index in [0.717, 1.165) is 25.7 Å². The lowest BCUT2D eigenvalue weighted by molar-refractivity contribution is -0.146. The molecule has 0 saturated heterocycles. The summed E-state index contributed by atoms with van der Waals surface area (Å²) in [6.45, 7) is 0. The van der Waals surface area contributed by atoms with Crippen LogP contribution < -0.4 is 0 Å². The first-order valence-corrected chi connectivity index (χ1v) is 5.78. The molecule has 0 spiro atoms. The molecule has 0 aromatic carbocycles. The fourth-order valence-electron chi connectivity index (χ4n) is 2.07. The number of rotatable bonds is 3. The van der Waals surface area contributed by atoms with Gasteiger partial charge >= 0.3 is 6.18 Å². The lowest BCUT2D eigenvalue weighted by Crippen LogP contribution is -2.22. The Morgan fingerprint density at radius 2 is 1.77 bits per heavy atom. The van der Waals surface area contributed by atoms with Crippen LogP contribution in [0.1, 0.15) is 32.1 Å². The minimum absolute atomic E-state index is 0.206. The van der Waals surface area contributed by atoms with E-state index in [9.17, 15) is 13.2 Å². The second-order valence-corrected chi connectivity index (χ2v) is 4.43. The topological polar surface area (TPSA) is 0 Å². The van der Waals surface area contributed by atoms with Crippen LogP contribution in [0.4, 0.5) is 13.2 Å². The zero-order chi connectivity index (χ0) is 9.90. The molecule has 1 atom stereocenters. The van der Waals surface area contributed by atoms with Crippen LogP contribution in [0.5, 0.6) is 0 Å². The molecule has 1 saturated carbocycles. The minimum Gasteiger partial charge on any atom is -0.171 e. The van der Waals surface area contributed by atoms with Crippen molar-refractivity contribution >= 4 is 15.9 Å². The number of hydrogen-bond acceptors (Lipinski definition) is 0. The lowest BCUT2D eigenvalue weighted by Gasteiger charge is -2.22. The summed E-state index contributed by atoms with van der Waals surface area (Å²) in [4.78, 5) is 0. The molecule has 1 aliphatic carbocycles. The predicted octanol–water partition coefficient (Wildman–Crippen LogP) is 4.14. The van der Waals surface area contributed by atoms with Gasteiger partial charge in [0.15, 0.2) is 0 Å². The fraction of sp³-hybridized carbons (Fsp3) is 1.00. The largest absolute Gasteiger partial charge is 0.389 e. The summed E-state index contributed by atoms with van der Waals surface area (Å²) in [7, 11) is 0. The van der Waals surface area contributed by atoms with Gasteiger partial charge < -0.3 is 0 Å². The number of alkyl halides is 4. The molecule has 1 rings (SSSR count). The predicted molar refractivity (Wildman–Crippen MR) is 49.9 cm³/mol. The fourth-order valence-corrected chi connectivity index (χ4v) is 2.83. The minimum atomic E-state index is -4.00. The molecule has 13 heavy (non-hydrogen) atoms. The smallest absolute Gasteiger partial charge is 0.171 e. The Hall–Kier alpha value is 0.270. The third-order valence-corrected chi connectivity index (χ3v) is 3.59. The van der Waals surface area contributed by atoms with Crippen LogP contribution >= 0.6 is 15.9 Å². The van der Waals surface area contributed by atoms with Gasteiger partial charge in [0, 0.05) is 11.8 Å². The van der Waals surface area contributed by atoms with Crippen LogP contribution in [0.3, 0.4) is 0 Å². The van der Waals surface area contributed by atoms with Gasteiger partial charge in [0.1, 0.15) is 0 Å². The highest BCUT2D eigenvalue weighted by molar-refractivity contribution is 9.09. The van der Waals surface area contributed by atoms with Crippen molar-refractivity contribution in [3.63, 3.8) is 0 Å². The second kappa shape index (κ2) is 4.67. The van der Waals surface area contributed by atoms with Crippen molar-refractivity contribution < 1.29 is 13.2 Å². The molecule has 0 aromatic rings. The summed E-state index contributed by atoms with van der Waals surface area (Å²) in [6, 6.07) is 0. The summed E-state index contributed by atoms with van der Waals surface area (Å²) in [5.74, 6) is 0.0866. The van der Waals surface area contributed by atoms with Gasteiger partial charge in [0.05, 0.1) is 0 Å². The Morgan fingerprint density at radius 3 is 2.15 bits per heavy atom. The molecular formula is C9H14BrF3. The molecule has 0 unspecified atom stereocenters. The van der Waals surface area contributed by atoms with E-state index in [1.54, 1.807) is 0 Å². The van der Waals surface area contributed by atoms with E-state index >= 15 is 0 Å². The molecule has 78 valence electrons. The number of hydrogen-bond donors (Lipinski definition) is 0. The van der Waals surface area contributed by atoms with Gasteiger partial charge in [-0.25, -0.2) is 0 Å². The van der Waals surface area contributed by atoms with Crippen LogP contribution in [0, 0.1) is 11.8 Å². The molecule has 0 aliphatic heterocycles. The Bertz CT molecular complexity index is 149. The summed E-state index contributed by atoms with van der Waals surface area (Å²) in [5, 5.41) is 0.483. The lowest BCUT2D eigenvalue weighted by atomic mass is 9.90. The molecule has 0 aromatic heterocycles. The van der Waals surface area contributed by atoms with E-state index in [0.29, 0.717) is 11.2 Å². The monoisotopic (exact) mass is 258 g/mol. The van der Waals surface area contributed by atoms with Gasteiger partial charge in [0.2, 0.25) is 0 Å². The molecule has 0 radical (unpaired) electrons. The van der Waals surface area contributed by atoms with Crippen molar-refractivity contribution in [1.82, 2.24) is 0 Å². The van der Waals surface area contributed by atoms with Gasteiger partial charge in [-0.2, -0.15) is 13.2 Å². The third-order valence-electron chi connectivity index (χ3n) is 2.76. The zero-order valence-electron chi connectivity index (χ0n) is 7.41. The van der Waals surface area contributed by atoms with Crippen molar-refractivity contribution in [3.8, 4) is 0 Å². The maximum atomic E-state index is 12.1. The van der Waals surface area contributed by atoms with E-state index in [-0.39, 0.29) is 5.92 Å². The summed E-state index contributed by atoms with van der Waals surface area (Å²) >= 11 is 3.18. The molecule has 0 nitrogen and oxygen atoms in total. The van der Waals surface area contributed by atoms with E-state index < -0.39 is 12.6 Å². The molecular weight excluding hydrogens is 245 g/mol. The highest BCUT2D eigenvalue weighted by atomic mass is 79.9. The average molecular weight is 259 g/mol. The molecule has 1 aliphatic rings. The van der Waals surface area contributed by atoms with Gasteiger partial charge in [-0.1, -0.05) is 41.6 Å². The molecule has 0 amide bonds. The Morgan fingerprint density at radius 1 is 1.23 bits per heavy atom. The van der Waals surface area contributed by atoms with Crippen molar-refractivity contribution in [2.24, 2.45) is 11.8 Å². The van der Waals surface area contributed by atoms with Crippen molar-refractivity contribution in [2.45, 2.75) is 38.3 Å². The van der Waals surface area contributed by atoms with Crippen molar-refractivity contribution in [2.75, 3.05) is 5.33 Å². The van der Waals surface area contributed by atoms with Crippen molar-refractivity contribution in [3.05, 3.63) is 0 Å². The SMILES string of the molecule is FC(F)(F)C[C@H](CBr)C1CCCC1. The highest BCUT2D eigenvalue weighted by Crippen LogP contribution is 2.38. The molecule has 4 heteroatoms. The molecule has 1 fully saturated rings. The van der Waals surface area contributed by atoms with Crippen LogP contribution in [0.2, 0.25) is 0 Å². The maximum Gasteiger partial charge on any atom is 0.389 e.